The third-order valence-corrected chi connectivity index (χ3v) is 2.46. The number of carbonyl (C=O) groups is 1. The largest absolute Gasteiger partial charge is 0.346 e. The summed E-state index contributed by atoms with van der Waals surface area (Å²) >= 11 is 0. The molecule has 0 unspecified atom stereocenters. The molecular weight excluding hydrogens is 267 g/mol. The van der Waals surface area contributed by atoms with Gasteiger partial charge in [0.1, 0.15) is 0 Å². The average molecular weight is 276 g/mol. The van der Waals surface area contributed by atoms with Crippen LogP contribution in [0.25, 0.3) is 0 Å². The van der Waals surface area contributed by atoms with Crippen molar-refractivity contribution in [2.24, 2.45) is 0 Å². The Labute approximate surface area is 112 Å². The van der Waals surface area contributed by atoms with Crippen LogP contribution in [0.5, 0.6) is 0 Å². The SMILES string of the molecule is O=C(NCc1cccnn1)c1ccc([N+](=O)[O-])c(F)c1. The van der Waals surface area contributed by atoms with Crippen LogP contribution in [0.1, 0.15) is 16.1 Å². The maximum Gasteiger partial charge on any atom is 0.304 e. The number of carbonyl (C=O) groups excluding carboxylic acids is 1. The molecule has 1 N–H and O–H groups in total. The van der Waals surface area contributed by atoms with Gasteiger partial charge in [-0.05, 0) is 24.3 Å². The maximum absolute atomic E-state index is 13.4. The van der Waals surface area contributed by atoms with E-state index in [-0.39, 0.29) is 12.1 Å². The molecule has 2 aromatic rings. The van der Waals surface area contributed by atoms with Crippen molar-refractivity contribution >= 4 is 11.6 Å². The highest BCUT2D eigenvalue weighted by Gasteiger charge is 2.16. The Kier molecular flexibility index (Phi) is 3.94. The van der Waals surface area contributed by atoms with Gasteiger partial charge in [-0.25, -0.2) is 0 Å². The first-order valence-corrected chi connectivity index (χ1v) is 5.56. The van der Waals surface area contributed by atoms with Crippen molar-refractivity contribution in [3.63, 3.8) is 0 Å². The van der Waals surface area contributed by atoms with Crippen molar-refractivity contribution < 1.29 is 14.1 Å². The summed E-state index contributed by atoms with van der Waals surface area (Å²) in [6.07, 6.45) is 1.50. The standard InChI is InChI=1S/C12H9FN4O3/c13-10-6-8(3-4-11(10)17(19)20)12(18)14-7-9-2-1-5-15-16-9/h1-6H,7H2,(H,14,18). The van der Waals surface area contributed by atoms with Crippen molar-refractivity contribution in [1.29, 1.82) is 0 Å². The summed E-state index contributed by atoms with van der Waals surface area (Å²) in [4.78, 5) is 21.4. The predicted molar refractivity (Wildman–Crippen MR) is 66.3 cm³/mol. The van der Waals surface area contributed by atoms with E-state index >= 15 is 0 Å². The van der Waals surface area contributed by atoms with E-state index in [9.17, 15) is 19.3 Å². The van der Waals surface area contributed by atoms with Crippen molar-refractivity contribution in [1.82, 2.24) is 15.5 Å². The molecule has 0 aliphatic carbocycles. The number of nitrogens with one attached hydrogen (secondary N) is 1. The Bertz CT molecular complexity index is 648. The fraction of sp³-hybridized carbons (Fsp3) is 0.0833. The van der Waals surface area contributed by atoms with Crippen molar-refractivity contribution in [3.05, 3.63) is 63.7 Å². The minimum Gasteiger partial charge on any atom is -0.346 e. The summed E-state index contributed by atoms with van der Waals surface area (Å²) in [5.41, 5.74) is -0.129. The summed E-state index contributed by atoms with van der Waals surface area (Å²) in [5.74, 6) is -1.60. The Balaban J connectivity index is 2.06. The molecule has 2 rings (SSSR count). The molecule has 0 atom stereocenters. The number of rotatable bonds is 4. The minimum atomic E-state index is -1.05. The number of amides is 1. The highest BCUT2D eigenvalue weighted by Crippen LogP contribution is 2.17. The van der Waals surface area contributed by atoms with Gasteiger partial charge in [0.05, 0.1) is 17.2 Å². The molecule has 0 radical (unpaired) electrons. The van der Waals surface area contributed by atoms with E-state index in [1.54, 1.807) is 12.1 Å². The van der Waals surface area contributed by atoms with E-state index in [1.165, 1.54) is 12.3 Å². The lowest BCUT2D eigenvalue weighted by Crippen LogP contribution is -2.23. The molecule has 0 aliphatic heterocycles. The lowest BCUT2D eigenvalue weighted by molar-refractivity contribution is -0.387. The summed E-state index contributed by atoms with van der Waals surface area (Å²) in [5, 5.41) is 20.4. The van der Waals surface area contributed by atoms with Crippen LogP contribution in [0.3, 0.4) is 0 Å². The normalized spacial score (nSPS) is 10.1. The minimum absolute atomic E-state index is 0.00279. The number of hydrogen-bond acceptors (Lipinski definition) is 5. The summed E-state index contributed by atoms with van der Waals surface area (Å²) < 4.78 is 13.4. The highest BCUT2D eigenvalue weighted by atomic mass is 19.1. The third-order valence-electron chi connectivity index (χ3n) is 2.46. The predicted octanol–water partition coefficient (Wildman–Crippen LogP) is 1.45. The number of hydrogen-bond donors (Lipinski definition) is 1. The lowest BCUT2D eigenvalue weighted by Gasteiger charge is -2.04. The molecule has 1 amide bonds. The summed E-state index contributed by atoms with van der Waals surface area (Å²) in [6.45, 7) is 0.130. The highest BCUT2D eigenvalue weighted by molar-refractivity contribution is 5.94. The van der Waals surface area contributed by atoms with E-state index in [4.69, 9.17) is 0 Å². The molecule has 0 aliphatic rings. The number of halogens is 1. The van der Waals surface area contributed by atoms with Crippen molar-refractivity contribution in [2.45, 2.75) is 6.54 Å². The van der Waals surface area contributed by atoms with Gasteiger partial charge in [0.2, 0.25) is 5.82 Å². The quantitative estimate of drug-likeness (QED) is 0.673. The fourth-order valence-electron chi connectivity index (χ4n) is 1.50. The number of benzene rings is 1. The van der Waals surface area contributed by atoms with Gasteiger partial charge in [0.15, 0.2) is 0 Å². The van der Waals surface area contributed by atoms with E-state index < -0.39 is 22.3 Å². The zero-order valence-electron chi connectivity index (χ0n) is 10.1. The van der Waals surface area contributed by atoms with Crippen LogP contribution in [0, 0.1) is 15.9 Å². The van der Waals surface area contributed by atoms with E-state index in [0.717, 1.165) is 12.1 Å². The van der Waals surface area contributed by atoms with Gasteiger partial charge >= 0.3 is 5.69 Å². The van der Waals surface area contributed by atoms with Crippen LogP contribution >= 0.6 is 0 Å². The summed E-state index contributed by atoms with van der Waals surface area (Å²) in [7, 11) is 0. The molecule has 0 fully saturated rings. The van der Waals surface area contributed by atoms with Crippen LogP contribution < -0.4 is 5.32 Å². The molecule has 8 heteroatoms. The number of nitro groups is 1. The van der Waals surface area contributed by atoms with Crippen LogP contribution in [-0.4, -0.2) is 21.0 Å². The number of nitro benzene ring substituents is 1. The first kappa shape index (κ1) is 13.5. The Morgan fingerprint density at radius 1 is 1.40 bits per heavy atom. The third kappa shape index (κ3) is 3.10. The average Bonchev–Trinajstić information content (AvgIpc) is 2.45. The molecule has 0 spiro atoms. The number of aromatic nitrogens is 2. The monoisotopic (exact) mass is 276 g/mol. The number of nitrogens with zero attached hydrogens (tertiary/aromatic N) is 3. The molecule has 1 aromatic carbocycles. The second kappa shape index (κ2) is 5.83. The van der Waals surface area contributed by atoms with Gasteiger partial charge in [0.25, 0.3) is 5.91 Å². The van der Waals surface area contributed by atoms with Crippen LogP contribution in [0.15, 0.2) is 36.5 Å². The van der Waals surface area contributed by atoms with Gasteiger partial charge in [-0.1, -0.05) is 0 Å². The second-order valence-corrected chi connectivity index (χ2v) is 3.82. The fourth-order valence-corrected chi connectivity index (χ4v) is 1.50. The molecule has 0 saturated heterocycles. The lowest BCUT2D eigenvalue weighted by atomic mass is 10.2. The van der Waals surface area contributed by atoms with Gasteiger partial charge in [-0.2, -0.15) is 14.6 Å². The Hall–Kier alpha value is -2.90. The smallest absolute Gasteiger partial charge is 0.304 e. The molecule has 20 heavy (non-hydrogen) atoms. The molecule has 7 nitrogen and oxygen atoms in total. The molecule has 0 bridgehead atoms. The van der Waals surface area contributed by atoms with Crippen molar-refractivity contribution in [3.8, 4) is 0 Å². The van der Waals surface area contributed by atoms with Crippen LogP contribution in [0.4, 0.5) is 10.1 Å². The zero-order valence-corrected chi connectivity index (χ0v) is 10.1. The topological polar surface area (TPSA) is 98.0 Å². The molecule has 1 aromatic heterocycles. The van der Waals surface area contributed by atoms with Crippen LogP contribution in [0.2, 0.25) is 0 Å². The van der Waals surface area contributed by atoms with Gasteiger partial charge < -0.3 is 5.32 Å². The first-order chi connectivity index (χ1) is 9.58. The Morgan fingerprint density at radius 2 is 2.20 bits per heavy atom. The molecule has 0 saturated carbocycles. The maximum atomic E-state index is 13.4. The van der Waals surface area contributed by atoms with Gasteiger partial charge in [-0.15, -0.1) is 0 Å². The van der Waals surface area contributed by atoms with E-state index in [2.05, 4.69) is 15.5 Å². The van der Waals surface area contributed by atoms with Crippen LogP contribution in [-0.2, 0) is 6.54 Å². The second-order valence-electron chi connectivity index (χ2n) is 3.82. The molecular formula is C12H9FN4O3. The van der Waals surface area contributed by atoms with Gasteiger partial charge in [-0.3, -0.25) is 14.9 Å². The van der Waals surface area contributed by atoms with E-state index in [0.29, 0.717) is 5.69 Å². The molecule has 1 heterocycles. The molecule has 102 valence electrons. The van der Waals surface area contributed by atoms with Gasteiger partial charge in [0, 0.05) is 17.8 Å². The Morgan fingerprint density at radius 3 is 2.80 bits per heavy atom. The first-order valence-electron chi connectivity index (χ1n) is 5.56. The van der Waals surface area contributed by atoms with Crippen molar-refractivity contribution in [2.75, 3.05) is 0 Å². The van der Waals surface area contributed by atoms with E-state index in [1.807, 2.05) is 0 Å². The zero-order chi connectivity index (χ0) is 14.5. The summed E-state index contributed by atoms with van der Waals surface area (Å²) in [6, 6.07) is 6.30.